The minimum atomic E-state index is -3.83. The molecule has 0 saturated carbocycles. The van der Waals surface area contributed by atoms with E-state index in [0.29, 0.717) is 18.5 Å². The zero-order valence-electron chi connectivity index (χ0n) is 16.7. The van der Waals surface area contributed by atoms with Crippen LogP contribution >= 0.6 is 0 Å². The summed E-state index contributed by atoms with van der Waals surface area (Å²) in [6.07, 6.45) is 3.04. The van der Waals surface area contributed by atoms with E-state index in [0.717, 1.165) is 16.5 Å². The lowest BCUT2D eigenvalue weighted by atomic mass is 10.1. The average molecular weight is 462 g/mol. The molecule has 0 spiro atoms. The number of aryl methyl sites for hydroxylation is 1. The maximum absolute atomic E-state index is 12.5. The number of sulfonamides is 1. The molecule has 1 aromatic heterocycles. The molecule has 2 heterocycles. The summed E-state index contributed by atoms with van der Waals surface area (Å²) in [6, 6.07) is 13.1. The molecule has 1 atom stereocenters. The van der Waals surface area contributed by atoms with Gasteiger partial charge in [-0.3, -0.25) is 4.79 Å². The predicted molar refractivity (Wildman–Crippen MR) is 119 cm³/mol. The van der Waals surface area contributed by atoms with Gasteiger partial charge in [0.05, 0.1) is 16.4 Å². The third-order valence-corrected chi connectivity index (χ3v) is 8.60. The Morgan fingerprint density at radius 3 is 2.55 bits per heavy atom. The Hall–Kier alpha value is -2.69. The van der Waals surface area contributed by atoms with Crippen LogP contribution in [0.3, 0.4) is 0 Å². The van der Waals surface area contributed by atoms with Gasteiger partial charge in [-0.25, -0.2) is 21.6 Å². The van der Waals surface area contributed by atoms with Crippen LogP contribution in [-0.4, -0.2) is 45.3 Å². The van der Waals surface area contributed by atoms with Crippen molar-refractivity contribution in [3.63, 3.8) is 0 Å². The van der Waals surface area contributed by atoms with E-state index in [1.54, 1.807) is 0 Å². The molecule has 8 nitrogen and oxygen atoms in total. The SMILES string of the molecule is O=C(CCc1c[nH]c2ccccc12)Nc1ccc(S(=O)(=O)NC2CCS(=O)(=O)C2)cc1. The third kappa shape index (κ3) is 5.15. The highest BCUT2D eigenvalue weighted by Gasteiger charge is 2.31. The molecule has 0 bridgehead atoms. The van der Waals surface area contributed by atoms with Gasteiger partial charge < -0.3 is 10.3 Å². The maximum atomic E-state index is 12.5. The van der Waals surface area contributed by atoms with E-state index in [4.69, 9.17) is 0 Å². The highest BCUT2D eigenvalue weighted by molar-refractivity contribution is 7.92. The third-order valence-electron chi connectivity index (χ3n) is 5.30. The van der Waals surface area contributed by atoms with Crippen LogP contribution in [0.1, 0.15) is 18.4 Å². The van der Waals surface area contributed by atoms with Crippen molar-refractivity contribution in [2.75, 3.05) is 16.8 Å². The van der Waals surface area contributed by atoms with Gasteiger partial charge in [0.1, 0.15) is 0 Å². The number of aromatic amines is 1. The molecule has 2 aromatic carbocycles. The number of anilines is 1. The zero-order chi connectivity index (χ0) is 22.1. The lowest BCUT2D eigenvalue weighted by Crippen LogP contribution is -2.35. The molecule has 1 aliphatic rings. The van der Waals surface area contributed by atoms with Crippen LogP contribution in [0.15, 0.2) is 59.6 Å². The minimum absolute atomic E-state index is 0.0102. The molecule has 1 saturated heterocycles. The molecule has 4 rings (SSSR count). The number of H-pyrrole nitrogens is 1. The van der Waals surface area contributed by atoms with Gasteiger partial charge in [0.25, 0.3) is 0 Å². The number of carbonyl (C=O) groups excluding carboxylic acids is 1. The van der Waals surface area contributed by atoms with Crippen molar-refractivity contribution in [2.24, 2.45) is 0 Å². The molecule has 0 aliphatic carbocycles. The molecule has 10 heteroatoms. The van der Waals surface area contributed by atoms with Crippen molar-refractivity contribution in [1.29, 1.82) is 0 Å². The van der Waals surface area contributed by atoms with E-state index in [1.165, 1.54) is 24.3 Å². The van der Waals surface area contributed by atoms with Crippen LogP contribution in [0.25, 0.3) is 10.9 Å². The molecule has 164 valence electrons. The molecule has 31 heavy (non-hydrogen) atoms. The summed E-state index contributed by atoms with van der Waals surface area (Å²) in [5, 5.41) is 3.86. The van der Waals surface area contributed by atoms with Crippen molar-refractivity contribution >= 4 is 42.4 Å². The Kier molecular flexibility index (Phi) is 5.87. The van der Waals surface area contributed by atoms with E-state index < -0.39 is 25.9 Å². The Bertz CT molecular complexity index is 1310. The van der Waals surface area contributed by atoms with Crippen LogP contribution in [0, 0.1) is 0 Å². The van der Waals surface area contributed by atoms with Gasteiger partial charge in [-0.2, -0.15) is 0 Å². The summed E-state index contributed by atoms with van der Waals surface area (Å²) in [7, 11) is -7.01. The highest BCUT2D eigenvalue weighted by Crippen LogP contribution is 2.20. The summed E-state index contributed by atoms with van der Waals surface area (Å²) in [6.45, 7) is 0. The number of sulfone groups is 1. The van der Waals surface area contributed by atoms with Crippen LogP contribution in [0.2, 0.25) is 0 Å². The lowest BCUT2D eigenvalue weighted by molar-refractivity contribution is -0.116. The second kappa shape index (κ2) is 8.45. The van der Waals surface area contributed by atoms with Crippen molar-refractivity contribution in [2.45, 2.75) is 30.2 Å². The van der Waals surface area contributed by atoms with Crippen LogP contribution in [0.4, 0.5) is 5.69 Å². The first-order valence-corrected chi connectivity index (χ1v) is 13.2. The number of nitrogens with one attached hydrogen (secondary N) is 3. The van der Waals surface area contributed by atoms with Gasteiger partial charge in [-0.05, 0) is 48.7 Å². The van der Waals surface area contributed by atoms with Crippen LogP contribution < -0.4 is 10.0 Å². The topological polar surface area (TPSA) is 125 Å². The number of hydrogen-bond acceptors (Lipinski definition) is 5. The monoisotopic (exact) mass is 461 g/mol. The van der Waals surface area contributed by atoms with Crippen LogP contribution in [-0.2, 0) is 31.1 Å². The molecule has 1 amide bonds. The zero-order valence-corrected chi connectivity index (χ0v) is 18.3. The largest absolute Gasteiger partial charge is 0.361 e. The second-order valence-corrected chi connectivity index (χ2v) is 11.6. The standard InChI is InChI=1S/C21H23N3O5S2/c25-21(10-5-15-13-22-20-4-2-1-3-19(15)20)23-16-6-8-18(9-7-16)31(28,29)24-17-11-12-30(26,27)14-17/h1-4,6-9,13,17,22,24H,5,10-12,14H2,(H,23,25). The fourth-order valence-electron chi connectivity index (χ4n) is 3.70. The summed E-state index contributed by atoms with van der Waals surface area (Å²) in [5.74, 6) is -0.365. The number of fused-ring (bicyclic) bond motifs is 1. The molecule has 1 aliphatic heterocycles. The van der Waals surface area contributed by atoms with E-state index in [9.17, 15) is 21.6 Å². The molecular formula is C21H23N3O5S2. The first kappa shape index (κ1) is 21.5. The number of para-hydroxylation sites is 1. The molecular weight excluding hydrogens is 438 g/mol. The number of benzene rings is 2. The quantitative estimate of drug-likeness (QED) is 0.497. The summed E-state index contributed by atoms with van der Waals surface area (Å²) < 4.78 is 50.4. The van der Waals surface area contributed by atoms with E-state index in [1.807, 2.05) is 30.5 Å². The van der Waals surface area contributed by atoms with Crippen molar-refractivity contribution in [1.82, 2.24) is 9.71 Å². The van der Waals surface area contributed by atoms with Gasteiger partial charge in [-0.15, -0.1) is 0 Å². The first-order chi connectivity index (χ1) is 14.7. The molecule has 1 unspecified atom stereocenters. The second-order valence-electron chi connectivity index (χ2n) is 7.65. The summed E-state index contributed by atoms with van der Waals surface area (Å²) in [5.41, 5.74) is 2.58. The molecule has 1 fully saturated rings. The lowest BCUT2D eigenvalue weighted by Gasteiger charge is -2.12. The van der Waals surface area contributed by atoms with Gasteiger partial charge in [-0.1, -0.05) is 18.2 Å². The van der Waals surface area contributed by atoms with Gasteiger partial charge in [0, 0.05) is 35.2 Å². The molecule has 3 aromatic rings. The number of carbonyl (C=O) groups is 1. The molecule has 3 N–H and O–H groups in total. The Balaban J connectivity index is 1.34. The highest BCUT2D eigenvalue weighted by atomic mass is 32.2. The summed E-state index contributed by atoms with van der Waals surface area (Å²) in [4.78, 5) is 15.5. The smallest absolute Gasteiger partial charge is 0.240 e. The Morgan fingerprint density at radius 1 is 1.10 bits per heavy atom. The number of aromatic nitrogens is 1. The number of amides is 1. The van der Waals surface area contributed by atoms with Crippen LogP contribution in [0.5, 0.6) is 0 Å². The van der Waals surface area contributed by atoms with E-state index >= 15 is 0 Å². The van der Waals surface area contributed by atoms with Gasteiger partial charge in [0.15, 0.2) is 9.84 Å². The average Bonchev–Trinajstić information content (AvgIpc) is 3.29. The normalized spacial score (nSPS) is 18.3. The fraction of sp³-hybridized carbons (Fsp3) is 0.286. The predicted octanol–water partition coefficient (Wildman–Crippen LogP) is 2.20. The Morgan fingerprint density at radius 2 is 1.84 bits per heavy atom. The van der Waals surface area contributed by atoms with Crippen molar-refractivity contribution < 1.29 is 21.6 Å². The maximum Gasteiger partial charge on any atom is 0.240 e. The first-order valence-electron chi connectivity index (χ1n) is 9.89. The van der Waals surface area contributed by atoms with E-state index in [2.05, 4.69) is 15.0 Å². The summed E-state index contributed by atoms with van der Waals surface area (Å²) >= 11 is 0. The van der Waals surface area contributed by atoms with Gasteiger partial charge in [0.2, 0.25) is 15.9 Å². The van der Waals surface area contributed by atoms with E-state index in [-0.39, 0.29) is 28.7 Å². The van der Waals surface area contributed by atoms with Crippen molar-refractivity contribution in [3.05, 3.63) is 60.3 Å². The Labute approximate surface area is 181 Å². The minimum Gasteiger partial charge on any atom is -0.361 e. The number of rotatable bonds is 7. The fourth-order valence-corrected chi connectivity index (χ4v) is 6.75. The number of hydrogen-bond donors (Lipinski definition) is 3. The molecule has 0 radical (unpaired) electrons. The van der Waals surface area contributed by atoms with Gasteiger partial charge >= 0.3 is 0 Å². The van der Waals surface area contributed by atoms with Crippen molar-refractivity contribution in [3.8, 4) is 0 Å².